The first-order chi connectivity index (χ1) is 5.42. The Balaban J connectivity index is 2.39. The minimum atomic E-state index is 0.492. The Morgan fingerprint density at radius 2 is 2.27 bits per heavy atom. The van der Waals surface area contributed by atoms with Crippen molar-refractivity contribution in [2.75, 3.05) is 5.32 Å². The van der Waals surface area contributed by atoms with E-state index in [-0.39, 0.29) is 0 Å². The molecule has 0 saturated carbocycles. The smallest absolute Gasteiger partial charge is 0.0963 e. The molecule has 1 nitrogen and oxygen atoms in total. The van der Waals surface area contributed by atoms with Gasteiger partial charge in [-0.3, -0.25) is 0 Å². The molecule has 1 aliphatic heterocycles. The number of hydrogen-bond acceptors (Lipinski definition) is 1. The van der Waals surface area contributed by atoms with Crippen LogP contribution in [0.2, 0.25) is 0 Å². The minimum absolute atomic E-state index is 0.492. The standard InChI is InChI=1S/C10H11N/c1-2-8-7-11-10-6-4-3-5-9(8)10/h3-6,8,11H,2H2,1H3. The van der Waals surface area contributed by atoms with Gasteiger partial charge in [-0.2, -0.15) is 0 Å². The first kappa shape index (κ1) is 6.71. The summed E-state index contributed by atoms with van der Waals surface area (Å²) >= 11 is 0. The lowest BCUT2D eigenvalue weighted by molar-refractivity contribution is 0.786. The van der Waals surface area contributed by atoms with E-state index in [0.717, 1.165) is 6.42 Å². The number of anilines is 1. The van der Waals surface area contributed by atoms with Gasteiger partial charge in [-0.15, -0.1) is 0 Å². The van der Waals surface area contributed by atoms with Crippen LogP contribution in [0.15, 0.2) is 24.3 Å². The molecule has 0 fully saturated rings. The van der Waals surface area contributed by atoms with Crippen LogP contribution in [0.3, 0.4) is 0 Å². The Morgan fingerprint density at radius 3 is 3.09 bits per heavy atom. The van der Waals surface area contributed by atoms with Crippen molar-refractivity contribution in [3.05, 3.63) is 36.4 Å². The van der Waals surface area contributed by atoms with Crippen molar-refractivity contribution < 1.29 is 0 Å². The van der Waals surface area contributed by atoms with Gasteiger partial charge < -0.3 is 5.32 Å². The predicted molar refractivity (Wildman–Crippen MR) is 46.3 cm³/mol. The molecule has 0 saturated heterocycles. The average Bonchev–Trinajstić information content (AvgIpc) is 2.47. The van der Waals surface area contributed by atoms with Gasteiger partial charge in [0.2, 0.25) is 0 Å². The van der Waals surface area contributed by atoms with Crippen LogP contribution in [0.25, 0.3) is 0 Å². The number of rotatable bonds is 1. The average molecular weight is 145 g/mol. The first-order valence-corrected chi connectivity index (χ1v) is 4.02. The molecule has 0 bridgehead atoms. The van der Waals surface area contributed by atoms with E-state index in [1.54, 1.807) is 0 Å². The molecule has 0 aliphatic carbocycles. The van der Waals surface area contributed by atoms with Crippen LogP contribution >= 0.6 is 0 Å². The summed E-state index contributed by atoms with van der Waals surface area (Å²) in [6, 6.07) is 8.39. The van der Waals surface area contributed by atoms with Crippen molar-refractivity contribution in [2.45, 2.75) is 19.3 Å². The fourth-order valence-corrected chi connectivity index (χ4v) is 1.48. The van der Waals surface area contributed by atoms with Crippen molar-refractivity contribution in [3.63, 3.8) is 0 Å². The largest absolute Gasteiger partial charge is 0.374 e. The van der Waals surface area contributed by atoms with E-state index in [1.807, 2.05) is 6.07 Å². The van der Waals surface area contributed by atoms with Gasteiger partial charge in [0, 0.05) is 11.6 Å². The van der Waals surface area contributed by atoms with E-state index in [9.17, 15) is 0 Å². The molecule has 0 spiro atoms. The van der Waals surface area contributed by atoms with Crippen molar-refractivity contribution in [1.82, 2.24) is 0 Å². The van der Waals surface area contributed by atoms with Gasteiger partial charge in [0.25, 0.3) is 0 Å². The minimum Gasteiger partial charge on any atom is -0.374 e. The molecule has 2 radical (unpaired) electrons. The van der Waals surface area contributed by atoms with Crippen LogP contribution < -0.4 is 5.32 Å². The number of nitrogens with one attached hydrogen (secondary N) is 1. The third-order valence-corrected chi connectivity index (χ3v) is 2.13. The first-order valence-electron chi connectivity index (χ1n) is 4.02. The van der Waals surface area contributed by atoms with Gasteiger partial charge in [0.05, 0.1) is 6.54 Å². The van der Waals surface area contributed by atoms with Crippen LogP contribution in [0.4, 0.5) is 5.69 Å². The Labute approximate surface area is 67.4 Å². The van der Waals surface area contributed by atoms with E-state index in [1.165, 1.54) is 11.3 Å². The van der Waals surface area contributed by atoms with Gasteiger partial charge in [0.1, 0.15) is 0 Å². The fourth-order valence-electron chi connectivity index (χ4n) is 1.48. The van der Waals surface area contributed by atoms with Crippen LogP contribution in [0.5, 0.6) is 0 Å². The lowest BCUT2D eigenvalue weighted by atomic mass is 9.99. The molecule has 1 aliphatic rings. The van der Waals surface area contributed by atoms with Crippen LogP contribution in [-0.2, 0) is 0 Å². The van der Waals surface area contributed by atoms with Crippen LogP contribution in [0.1, 0.15) is 24.8 Å². The zero-order valence-electron chi connectivity index (χ0n) is 6.59. The van der Waals surface area contributed by atoms with Crippen LogP contribution in [-0.4, -0.2) is 0 Å². The van der Waals surface area contributed by atoms with Gasteiger partial charge in [-0.25, -0.2) is 0 Å². The molecular weight excluding hydrogens is 134 g/mol. The summed E-state index contributed by atoms with van der Waals surface area (Å²) in [5.74, 6) is 0.492. The SMILES string of the molecule is CCC1[C]Nc2ccccc21. The highest BCUT2D eigenvalue weighted by atomic mass is 14.9. The Morgan fingerprint density at radius 1 is 1.45 bits per heavy atom. The molecule has 1 unspecified atom stereocenters. The second-order valence-corrected chi connectivity index (χ2v) is 2.82. The maximum atomic E-state index is 3.22. The fraction of sp³-hybridized carbons (Fsp3) is 0.300. The second kappa shape index (κ2) is 2.57. The highest BCUT2D eigenvalue weighted by Crippen LogP contribution is 2.35. The Bertz CT molecular complexity index is 255. The lowest BCUT2D eigenvalue weighted by Gasteiger charge is -2.03. The number of para-hydroxylation sites is 1. The summed E-state index contributed by atoms with van der Waals surface area (Å²) in [5.41, 5.74) is 2.61. The highest BCUT2D eigenvalue weighted by molar-refractivity contribution is 5.59. The summed E-state index contributed by atoms with van der Waals surface area (Å²) in [6.07, 6.45) is 1.13. The van der Waals surface area contributed by atoms with Gasteiger partial charge >= 0.3 is 0 Å². The molecule has 2 rings (SSSR count). The molecule has 1 atom stereocenters. The molecular formula is C10H11N. The van der Waals surface area contributed by atoms with E-state index in [0.29, 0.717) is 5.92 Å². The highest BCUT2D eigenvalue weighted by Gasteiger charge is 2.20. The second-order valence-electron chi connectivity index (χ2n) is 2.82. The van der Waals surface area contributed by atoms with E-state index < -0.39 is 0 Å². The maximum Gasteiger partial charge on any atom is 0.0963 e. The van der Waals surface area contributed by atoms with E-state index in [2.05, 4.69) is 37.0 Å². The van der Waals surface area contributed by atoms with Crippen molar-refractivity contribution >= 4 is 5.69 Å². The third-order valence-electron chi connectivity index (χ3n) is 2.13. The molecule has 56 valence electrons. The number of benzene rings is 1. The van der Waals surface area contributed by atoms with Crippen molar-refractivity contribution in [3.8, 4) is 0 Å². The van der Waals surface area contributed by atoms with Crippen LogP contribution in [0, 0.1) is 6.54 Å². The molecule has 1 N–H and O–H groups in total. The molecule has 1 heterocycles. The molecule has 1 aromatic carbocycles. The van der Waals surface area contributed by atoms with Gasteiger partial charge in [-0.1, -0.05) is 25.1 Å². The summed E-state index contributed by atoms with van der Waals surface area (Å²) in [6.45, 7) is 5.40. The van der Waals surface area contributed by atoms with Gasteiger partial charge in [0.15, 0.2) is 0 Å². The molecule has 1 heteroatoms. The summed E-state index contributed by atoms with van der Waals surface area (Å²) in [4.78, 5) is 0. The number of hydrogen-bond donors (Lipinski definition) is 1. The zero-order valence-corrected chi connectivity index (χ0v) is 6.59. The quantitative estimate of drug-likeness (QED) is 0.640. The normalized spacial score (nSPS) is 21.0. The van der Waals surface area contributed by atoms with E-state index >= 15 is 0 Å². The predicted octanol–water partition coefficient (Wildman–Crippen LogP) is 2.64. The molecule has 11 heavy (non-hydrogen) atoms. The molecule has 1 aromatic rings. The summed E-state index contributed by atoms with van der Waals surface area (Å²) in [5, 5.41) is 3.15. The Kier molecular flexibility index (Phi) is 1.57. The maximum absolute atomic E-state index is 3.22. The summed E-state index contributed by atoms with van der Waals surface area (Å²) < 4.78 is 0. The van der Waals surface area contributed by atoms with Crippen molar-refractivity contribution in [2.24, 2.45) is 0 Å². The molecule has 0 amide bonds. The molecule has 0 aromatic heterocycles. The number of fused-ring (bicyclic) bond motifs is 1. The van der Waals surface area contributed by atoms with Gasteiger partial charge in [-0.05, 0) is 18.1 Å². The summed E-state index contributed by atoms with van der Waals surface area (Å²) in [7, 11) is 0. The monoisotopic (exact) mass is 145 g/mol. The van der Waals surface area contributed by atoms with E-state index in [4.69, 9.17) is 0 Å². The van der Waals surface area contributed by atoms with Crippen molar-refractivity contribution in [1.29, 1.82) is 0 Å². The third kappa shape index (κ3) is 1.01. The zero-order chi connectivity index (χ0) is 7.68. The Hall–Kier alpha value is -0.980. The topological polar surface area (TPSA) is 12.0 Å². The lowest BCUT2D eigenvalue weighted by Crippen LogP contribution is -1.91.